The molecule has 0 radical (unpaired) electrons. The predicted octanol–water partition coefficient (Wildman–Crippen LogP) is 5.31. The Labute approximate surface area is 214 Å². The van der Waals surface area contributed by atoms with Gasteiger partial charge < -0.3 is 9.80 Å². The molecule has 0 aliphatic carbocycles. The summed E-state index contributed by atoms with van der Waals surface area (Å²) in [5, 5.41) is 3.07. The first-order valence-electron chi connectivity index (χ1n) is 11.6. The first-order chi connectivity index (χ1) is 16.9. The summed E-state index contributed by atoms with van der Waals surface area (Å²) in [5.41, 5.74) is 1.48. The molecule has 0 aliphatic heterocycles. The fourth-order valence-electron chi connectivity index (χ4n) is 4.14. The average molecular weight is 509 g/mol. The highest BCUT2D eigenvalue weighted by Crippen LogP contribution is 2.27. The minimum atomic E-state index is -0.374. The average Bonchev–Trinajstić information content (AvgIpc) is 3.33. The van der Waals surface area contributed by atoms with Crippen LogP contribution in [0.3, 0.4) is 0 Å². The second-order valence-electron chi connectivity index (χ2n) is 8.72. The van der Waals surface area contributed by atoms with Crippen LogP contribution in [0.5, 0.6) is 0 Å². The lowest BCUT2D eigenvalue weighted by atomic mass is 10.1. The number of rotatable bonds is 9. The van der Waals surface area contributed by atoms with Crippen molar-refractivity contribution < 1.29 is 4.79 Å². The highest BCUT2D eigenvalue weighted by atomic mass is 35.5. The third-order valence-corrected chi connectivity index (χ3v) is 7.06. The molecule has 0 spiro atoms. The molecule has 0 N–H and O–H groups in total. The third kappa shape index (κ3) is 5.64. The topological polar surface area (TPSA) is 58.4 Å². The van der Waals surface area contributed by atoms with E-state index >= 15 is 0 Å². The zero-order valence-corrected chi connectivity index (χ0v) is 21.7. The molecule has 4 aromatic rings. The van der Waals surface area contributed by atoms with Gasteiger partial charge in [0.1, 0.15) is 10.7 Å². The van der Waals surface area contributed by atoms with Gasteiger partial charge in [0.25, 0.3) is 11.5 Å². The normalized spacial score (nSPS) is 12.3. The zero-order chi connectivity index (χ0) is 24.9. The van der Waals surface area contributed by atoms with Crippen LogP contribution < -0.4 is 5.56 Å². The lowest BCUT2D eigenvalue weighted by Crippen LogP contribution is -2.42. The van der Waals surface area contributed by atoms with Crippen molar-refractivity contribution in [1.29, 1.82) is 0 Å². The summed E-state index contributed by atoms with van der Waals surface area (Å²) in [7, 11) is 3.96. The van der Waals surface area contributed by atoms with Crippen LogP contribution in [0.4, 0.5) is 0 Å². The minimum absolute atomic E-state index is 0.0833. The van der Waals surface area contributed by atoms with Crippen molar-refractivity contribution in [2.75, 3.05) is 27.2 Å². The highest BCUT2D eigenvalue weighted by molar-refractivity contribution is 7.16. The van der Waals surface area contributed by atoms with Crippen LogP contribution in [-0.2, 0) is 6.54 Å². The molecule has 182 valence electrons. The first kappa shape index (κ1) is 25.1. The summed E-state index contributed by atoms with van der Waals surface area (Å²) < 4.78 is 1.73. The molecule has 2 aromatic carbocycles. The Morgan fingerprint density at radius 3 is 2.43 bits per heavy atom. The first-order valence-corrected chi connectivity index (χ1v) is 12.9. The summed E-state index contributed by atoms with van der Waals surface area (Å²) in [6.07, 6.45) is 0.616. The summed E-state index contributed by atoms with van der Waals surface area (Å²) >= 11 is 7.51. The Kier molecular flexibility index (Phi) is 8.00. The number of benzene rings is 2. The van der Waals surface area contributed by atoms with Gasteiger partial charge in [-0.25, -0.2) is 4.98 Å². The van der Waals surface area contributed by atoms with Crippen molar-refractivity contribution in [2.45, 2.75) is 25.9 Å². The minimum Gasteiger partial charge on any atom is -0.327 e. The molecule has 2 heterocycles. The smallest absolute Gasteiger partial charge is 0.262 e. The van der Waals surface area contributed by atoms with E-state index in [-0.39, 0.29) is 17.5 Å². The van der Waals surface area contributed by atoms with Gasteiger partial charge in [-0.2, -0.15) is 0 Å². The molecule has 2 aromatic heterocycles. The molecule has 0 bridgehead atoms. The van der Waals surface area contributed by atoms with Gasteiger partial charge in [-0.15, -0.1) is 11.3 Å². The van der Waals surface area contributed by atoms with Gasteiger partial charge in [-0.1, -0.05) is 48.9 Å². The van der Waals surface area contributed by atoms with Crippen molar-refractivity contribution in [3.63, 3.8) is 0 Å². The van der Waals surface area contributed by atoms with Crippen molar-refractivity contribution >= 4 is 39.1 Å². The van der Waals surface area contributed by atoms with Crippen LogP contribution in [-0.4, -0.2) is 52.4 Å². The van der Waals surface area contributed by atoms with Crippen LogP contribution in [0.25, 0.3) is 10.2 Å². The molecule has 1 amide bonds. The largest absolute Gasteiger partial charge is 0.327 e. The fraction of sp³-hybridized carbons (Fsp3) is 0.296. The van der Waals surface area contributed by atoms with Gasteiger partial charge in [-0.05, 0) is 61.8 Å². The number of aromatic nitrogens is 2. The summed E-state index contributed by atoms with van der Waals surface area (Å²) in [4.78, 5) is 36.9. The molecule has 6 nitrogen and oxygen atoms in total. The van der Waals surface area contributed by atoms with E-state index in [9.17, 15) is 9.59 Å². The van der Waals surface area contributed by atoms with Crippen LogP contribution in [0.15, 0.2) is 70.8 Å². The molecule has 0 aliphatic rings. The van der Waals surface area contributed by atoms with E-state index in [1.807, 2.05) is 72.6 Å². The molecule has 1 unspecified atom stereocenters. The van der Waals surface area contributed by atoms with Gasteiger partial charge in [-0.3, -0.25) is 14.2 Å². The number of likely N-dealkylation sites (N-methyl/N-ethyl adjacent to an activating group) is 1. The standard InChI is InChI=1S/C27H29ClN4O2S/c1-4-23(31(16-15-30(2)3)26(33)20-10-12-21(28)13-11-20)24-29-25-22(14-17-35-25)27(34)32(24)18-19-8-6-5-7-9-19/h5-14,17,23H,4,15-16,18H2,1-3H3. The maximum Gasteiger partial charge on any atom is 0.262 e. The number of nitrogens with zero attached hydrogens (tertiary/aromatic N) is 4. The summed E-state index contributed by atoms with van der Waals surface area (Å²) in [5.74, 6) is 0.500. The SMILES string of the molecule is CCC(c1nc2sccc2c(=O)n1Cc1ccccc1)N(CCN(C)C)C(=O)c1ccc(Cl)cc1. The monoisotopic (exact) mass is 508 g/mol. The predicted molar refractivity (Wildman–Crippen MR) is 143 cm³/mol. The van der Waals surface area contributed by atoms with E-state index in [0.29, 0.717) is 52.7 Å². The number of hydrogen-bond acceptors (Lipinski definition) is 5. The Morgan fingerprint density at radius 2 is 1.77 bits per heavy atom. The molecule has 0 saturated heterocycles. The van der Waals surface area contributed by atoms with Gasteiger partial charge in [0, 0.05) is 23.7 Å². The van der Waals surface area contributed by atoms with E-state index < -0.39 is 0 Å². The number of amides is 1. The van der Waals surface area contributed by atoms with Gasteiger partial charge in [0.2, 0.25) is 0 Å². The van der Waals surface area contributed by atoms with E-state index in [1.54, 1.807) is 28.8 Å². The quantitative estimate of drug-likeness (QED) is 0.307. The van der Waals surface area contributed by atoms with Crippen LogP contribution in [0.2, 0.25) is 5.02 Å². The Morgan fingerprint density at radius 1 is 1.06 bits per heavy atom. The number of carbonyl (C=O) groups is 1. The van der Waals surface area contributed by atoms with E-state index in [4.69, 9.17) is 16.6 Å². The Bertz CT molecular complexity index is 1350. The molecule has 0 saturated carbocycles. The maximum absolute atomic E-state index is 13.8. The lowest BCUT2D eigenvalue weighted by molar-refractivity contribution is 0.0642. The van der Waals surface area contributed by atoms with Gasteiger partial charge in [0.05, 0.1) is 18.0 Å². The molecule has 1 atom stereocenters. The third-order valence-electron chi connectivity index (χ3n) is 6.00. The van der Waals surface area contributed by atoms with Crippen molar-refractivity contribution in [2.24, 2.45) is 0 Å². The molecule has 35 heavy (non-hydrogen) atoms. The second kappa shape index (κ2) is 11.2. The molecule has 0 fully saturated rings. The van der Waals surface area contributed by atoms with Gasteiger partial charge >= 0.3 is 0 Å². The fourth-order valence-corrected chi connectivity index (χ4v) is 5.03. The number of halogens is 1. The number of hydrogen-bond donors (Lipinski definition) is 0. The molecule has 4 rings (SSSR count). The van der Waals surface area contributed by atoms with Gasteiger partial charge in [0.15, 0.2) is 0 Å². The van der Waals surface area contributed by atoms with Crippen molar-refractivity contribution in [1.82, 2.24) is 19.4 Å². The lowest BCUT2D eigenvalue weighted by Gasteiger charge is -2.33. The Balaban J connectivity index is 1.84. The molecule has 8 heteroatoms. The van der Waals surface area contributed by atoms with Crippen LogP contribution in [0.1, 0.15) is 41.1 Å². The summed E-state index contributed by atoms with van der Waals surface area (Å²) in [6, 6.07) is 18.3. The summed E-state index contributed by atoms with van der Waals surface area (Å²) in [6.45, 7) is 3.59. The van der Waals surface area contributed by atoms with E-state index in [2.05, 4.69) is 0 Å². The van der Waals surface area contributed by atoms with Crippen molar-refractivity contribution in [3.05, 3.63) is 98.4 Å². The van der Waals surface area contributed by atoms with E-state index in [0.717, 1.165) is 5.56 Å². The number of thiophene rings is 1. The number of carbonyl (C=O) groups excluding carboxylic acids is 1. The number of fused-ring (bicyclic) bond motifs is 1. The molecular weight excluding hydrogens is 480 g/mol. The zero-order valence-electron chi connectivity index (χ0n) is 20.1. The van der Waals surface area contributed by atoms with Crippen molar-refractivity contribution in [3.8, 4) is 0 Å². The van der Waals surface area contributed by atoms with Crippen LogP contribution in [0, 0.1) is 0 Å². The molecular formula is C27H29ClN4O2S. The van der Waals surface area contributed by atoms with E-state index in [1.165, 1.54) is 11.3 Å². The maximum atomic E-state index is 13.8. The van der Waals surface area contributed by atoms with Crippen LogP contribution >= 0.6 is 22.9 Å². The second-order valence-corrected chi connectivity index (χ2v) is 10.1. The highest BCUT2D eigenvalue weighted by Gasteiger charge is 2.29. The Hall–Kier alpha value is -3.00.